The third-order valence-electron chi connectivity index (χ3n) is 4.24. The van der Waals surface area contributed by atoms with E-state index in [9.17, 15) is 10.1 Å². The number of rotatable bonds is 7. The topological polar surface area (TPSA) is 104 Å². The Morgan fingerprint density at radius 2 is 2.35 bits per heavy atom. The Labute approximate surface area is 160 Å². The van der Waals surface area contributed by atoms with E-state index in [2.05, 4.69) is 26.6 Å². The zero-order chi connectivity index (χ0) is 18.7. The molecular weight excluding hydrogens is 374 g/mol. The van der Waals surface area contributed by atoms with Crippen molar-refractivity contribution in [2.24, 2.45) is 5.92 Å². The summed E-state index contributed by atoms with van der Waals surface area (Å²) < 4.78 is 5.31. The molecule has 0 saturated heterocycles. The van der Waals surface area contributed by atoms with Gasteiger partial charge in [0.15, 0.2) is 5.82 Å². The fraction of sp³-hybridized carbons (Fsp3) is 0.412. The van der Waals surface area contributed by atoms with Crippen molar-refractivity contribution in [1.29, 1.82) is 5.26 Å². The molecule has 1 aliphatic carbocycles. The molecule has 1 saturated carbocycles. The van der Waals surface area contributed by atoms with E-state index in [-0.39, 0.29) is 17.6 Å². The highest BCUT2D eigenvalue weighted by Crippen LogP contribution is 2.39. The lowest BCUT2D eigenvalue weighted by Gasteiger charge is -2.22. The minimum Gasteiger partial charge on any atom is -0.496 e. The van der Waals surface area contributed by atoms with Gasteiger partial charge in [0.2, 0.25) is 11.1 Å². The fourth-order valence-electron chi connectivity index (χ4n) is 2.63. The highest BCUT2D eigenvalue weighted by atomic mass is 35.5. The maximum Gasteiger partial charge on any atom is 0.231 e. The molecule has 0 spiro atoms. The number of nitriles is 1. The maximum atomic E-state index is 12.2. The molecule has 26 heavy (non-hydrogen) atoms. The maximum absolute atomic E-state index is 12.2. The highest BCUT2D eigenvalue weighted by Gasteiger charge is 2.42. The first-order chi connectivity index (χ1) is 12.4. The molecule has 1 atom stereocenters. The monoisotopic (exact) mass is 391 g/mol. The number of carbonyl (C=O) groups is 1. The molecule has 1 aromatic carbocycles. The van der Waals surface area contributed by atoms with E-state index >= 15 is 0 Å². The largest absolute Gasteiger partial charge is 0.496 e. The van der Waals surface area contributed by atoms with Crippen LogP contribution in [0.5, 0.6) is 5.75 Å². The second kappa shape index (κ2) is 7.56. The summed E-state index contributed by atoms with van der Waals surface area (Å²) >= 11 is 7.23. The number of hydrogen-bond donors (Lipinski definition) is 2. The number of H-pyrrole nitrogens is 1. The Kier molecular flexibility index (Phi) is 5.39. The van der Waals surface area contributed by atoms with Crippen LogP contribution in [0.3, 0.4) is 0 Å². The van der Waals surface area contributed by atoms with Crippen molar-refractivity contribution < 1.29 is 9.53 Å². The van der Waals surface area contributed by atoms with Crippen molar-refractivity contribution in [2.75, 3.05) is 12.9 Å². The van der Waals surface area contributed by atoms with Crippen LogP contribution in [0.2, 0.25) is 5.02 Å². The molecule has 2 aromatic rings. The molecule has 9 heteroatoms. The number of thioether (sulfide) groups is 1. The van der Waals surface area contributed by atoms with Crippen molar-refractivity contribution in [3.05, 3.63) is 23.2 Å². The molecule has 1 aliphatic rings. The number of hydrogen-bond acceptors (Lipinski definition) is 6. The summed E-state index contributed by atoms with van der Waals surface area (Å²) in [4.78, 5) is 16.5. The number of nitrogens with zero attached hydrogens (tertiary/aromatic N) is 3. The van der Waals surface area contributed by atoms with Crippen molar-refractivity contribution in [3.63, 3.8) is 0 Å². The number of halogens is 1. The Hall–Kier alpha value is -2.24. The fourth-order valence-corrected chi connectivity index (χ4v) is 3.40. The van der Waals surface area contributed by atoms with E-state index in [1.54, 1.807) is 32.2 Å². The first-order valence-electron chi connectivity index (χ1n) is 8.06. The number of ether oxygens (including phenoxy) is 1. The van der Waals surface area contributed by atoms with E-state index < -0.39 is 5.54 Å². The number of amides is 1. The van der Waals surface area contributed by atoms with Gasteiger partial charge < -0.3 is 10.1 Å². The first-order valence-corrected chi connectivity index (χ1v) is 9.43. The van der Waals surface area contributed by atoms with Gasteiger partial charge in [0.05, 0.1) is 24.5 Å². The van der Waals surface area contributed by atoms with E-state index in [0.29, 0.717) is 27.3 Å². The van der Waals surface area contributed by atoms with Crippen LogP contribution in [-0.2, 0) is 4.79 Å². The number of methoxy groups -OCH3 is 1. The second-order valence-electron chi connectivity index (χ2n) is 6.24. The molecular formula is C17H18ClN5O2S. The van der Waals surface area contributed by atoms with Gasteiger partial charge in [0.25, 0.3) is 0 Å². The van der Waals surface area contributed by atoms with Crippen LogP contribution >= 0.6 is 23.4 Å². The number of aromatic amines is 1. The van der Waals surface area contributed by atoms with Gasteiger partial charge in [0.1, 0.15) is 11.3 Å². The van der Waals surface area contributed by atoms with Gasteiger partial charge in [-0.1, -0.05) is 23.4 Å². The Bertz CT molecular complexity index is 861. The third kappa shape index (κ3) is 4.11. The molecule has 1 unspecified atom stereocenters. The zero-order valence-electron chi connectivity index (χ0n) is 14.4. The lowest BCUT2D eigenvalue weighted by Crippen LogP contribution is -2.47. The van der Waals surface area contributed by atoms with Crippen LogP contribution in [0, 0.1) is 17.2 Å². The molecule has 2 N–H and O–H groups in total. The number of carbonyl (C=O) groups excluding carboxylic acids is 1. The van der Waals surface area contributed by atoms with Gasteiger partial charge >= 0.3 is 0 Å². The molecule has 0 bridgehead atoms. The summed E-state index contributed by atoms with van der Waals surface area (Å²) in [5.74, 6) is 1.29. The molecule has 136 valence electrons. The molecule has 1 fully saturated rings. The van der Waals surface area contributed by atoms with Gasteiger partial charge in [-0.3, -0.25) is 9.89 Å². The van der Waals surface area contributed by atoms with E-state index in [1.807, 2.05) is 0 Å². The minimum absolute atomic E-state index is 0.133. The van der Waals surface area contributed by atoms with Crippen LogP contribution in [0.4, 0.5) is 0 Å². The van der Waals surface area contributed by atoms with Gasteiger partial charge in [-0.15, -0.1) is 5.10 Å². The van der Waals surface area contributed by atoms with Crippen LogP contribution in [0.1, 0.15) is 19.8 Å². The van der Waals surface area contributed by atoms with Crippen LogP contribution < -0.4 is 10.1 Å². The van der Waals surface area contributed by atoms with Crippen molar-refractivity contribution >= 4 is 29.3 Å². The van der Waals surface area contributed by atoms with E-state index in [1.165, 1.54) is 11.8 Å². The average Bonchev–Trinajstić information content (AvgIpc) is 3.39. The van der Waals surface area contributed by atoms with Crippen molar-refractivity contribution in [1.82, 2.24) is 20.5 Å². The molecule has 1 aromatic heterocycles. The van der Waals surface area contributed by atoms with E-state index in [0.717, 1.165) is 12.8 Å². The minimum atomic E-state index is -0.796. The summed E-state index contributed by atoms with van der Waals surface area (Å²) in [6.07, 6.45) is 1.95. The summed E-state index contributed by atoms with van der Waals surface area (Å²) in [5, 5.41) is 20.1. The number of nitrogens with one attached hydrogen (secondary N) is 2. The molecule has 0 radical (unpaired) electrons. The standard InChI is InChI=1S/C17H18ClN5O2S/c1-17(9-19,10-3-4-10)21-14(24)8-26-16-20-15(22-23-16)12-7-11(18)5-6-13(12)25-2/h5-7,10H,3-4,8H2,1-2H3,(H,21,24)(H,20,22,23). The van der Waals surface area contributed by atoms with Gasteiger partial charge in [-0.25, -0.2) is 4.98 Å². The van der Waals surface area contributed by atoms with Gasteiger partial charge in [0, 0.05) is 5.02 Å². The van der Waals surface area contributed by atoms with Gasteiger partial charge in [-0.05, 0) is 43.9 Å². The predicted octanol–water partition coefficient (Wildman–Crippen LogP) is 3.03. The van der Waals surface area contributed by atoms with Crippen LogP contribution in [0.25, 0.3) is 11.4 Å². The molecule has 7 nitrogen and oxygen atoms in total. The third-order valence-corrected chi connectivity index (χ3v) is 5.32. The van der Waals surface area contributed by atoms with Gasteiger partial charge in [-0.2, -0.15) is 5.26 Å². The Morgan fingerprint density at radius 3 is 3.00 bits per heavy atom. The normalized spacial score (nSPS) is 15.8. The second-order valence-corrected chi connectivity index (χ2v) is 7.62. The van der Waals surface area contributed by atoms with Crippen LogP contribution in [-0.4, -0.2) is 39.5 Å². The summed E-state index contributed by atoms with van der Waals surface area (Å²) in [6, 6.07) is 7.42. The predicted molar refractivity (Wildman–Crippen MR) is 99.0 cm³/mol. The van der Waals surface area contributed by atoms with E-state index in [4.69, 9.17) is 16.3 Å². The SMILES string of the molecule is COc1ccc(Cl)cc1-c1nc(SCC(=O)NC(C)(C#N)C2CC2)n[nH]1. The van der Waals surface area contributed by atoms with Crippen molar-refractivity contribution in [3.8, 4) is 23.2 Å². The molecule has 1 heterocycles. The van der Waals surface area contributed by atoms with Crippen molar-refractivity contribution in [2.45, 2.75) is 30.5 Å². The number of aromatic nitrogens is 3. The van der Waals surface area contributed by atoms with Crippen LogP contribution in [0.15, 0.2) is 23.4 Å². The zero-order valence-corrected chi connectivity index (χ0v) is 15.9. The lowest BCUT2D eigenvalue weighted by atomic mass is 9.98. The summed E-state index contributed by atoms with van der Waals surface area (Å²) in [7, 11) is 1.56. The summed E-state index contributed by atoms with van der Waals surface area (Å²) in [5.41, 5.74) is -0.106. The highest BCUT2D eigenvalue weighted by molar-refractivity contribution is 7.99. The average molecular weight is 392 g/mol. The smallest absolute Gasteiger partial charge is 0.231 e. The number of benzene rings is 1. The molecule has 3 rings (SSSR count). The Morgan fingerprint density at radius 1 is 1.58 bits per heavy atom. The Balaban J connectivity index is 1.63. The lowest BCUT2D eigenvalue weighted by molar-refractivity contribution is -0.119. The summed E-state index contributed by atoms with van der Waals surface area (Å²) in [6.45, 7) is 1.77. The molecule has 1 amide bonds. The first kappa shape index (κ1) is 18.5. The molecule has 0 aliphatic heterocycles. The quantitative estimate of drug-likeness (QED) is 0.703.